The van der Waals surface area contributed by atoms with Crippen LogP contribution in [0.5, 0.6) is 5.75 Å². The Morgan fingerprint density at radius 1 is 0.949 bits per heavy atom. The van der Waals surface area contributed by atoms with E-state index in [-0.39, 0.29) is 11.4 Å². The third kappa shape index (κ3) is 7.18. The molecule has 2 aromatic carbocycles. The zero-order valence-corrected chi connectivity index (χ0v) is 23.6. The van der Waals surface area contributed by atoms with Crippen LogP contribution >= 0.6 is 0 Å². The summed E-state index contributed by atoms with van der Waals surface area (Å²) < 4.78 is 28.3. The zero-order chi connectivity index (χ0) is 28.0. The van der Waals surface area contributed by atoms with Crippen molar-refractivity contribution in [1.82, 2.24) is 5.16 Å². The highest BCUT2D eigenvalue weighted by Crippen LogP contribution is 2.31. The quantitative estimate of drug-likeness (QED) is 0.188. The highest BCUT2D eigenvalue weighted by molar-refractivity contribution is 5.75. The predicted molar refractivity (Wildman–Crippen MR) is 150 cm³/mol. The van der Waals surface area contributed by atoms with Crippen molar-refractivity contribution < 1.29 is 27.9 Å². The molecule has 0 aliphatic rings. The van der Waals surface area contributed by atoms with E-state index in [1.54, 1.807) is 6.92 Å². The lowest BCUT2D eigenvalue weighted by Gasteiger charge is -2.15. The summed E-state index contributed by atoms with van der Waals surface area (Å²) in [5, 5.41) is 4.23. The number of carbonyl (C=O) groups is 1. The van der Waals surface area contributed by atoms with Gasteiger partial charge in [-0.1, -0.05) is 62.3 Å². The topological polar surface area (TPSA) is 83.9 Å². The van der Waals surface area contributed by atoms with E-state index in [4.69, 9.17) is 23.2 Å². The first-order valence-corrected chi connectivity index (χ1v) is 13.3. The molecule has 39 heavy (non-hydrogen) atoms. The smallest absolute Gasteiger partial charge is 0.335 e. The summed E-state index contributed by atoms with van der Waals surface area (Å²) in [7, 11) is 0. The number of benzene rings is 2. The molecule has 0 spiro atoms. The summed E-state index contributed by atoms with van der Waals surface area (Å²) >= 11 is 0. The number of aromatic nitrogens is 1. The number of aryl methyl sites for hydroxylation is 1. The van der Waals surface area contributed by atoms with E-state index in [9.17, 15) is 4.79 Å². The van der Waals surface area contributed by atoms with Gasteiger partial charge in [-0.3, -0.25) is 0 Å². The summed E-state index contributed by atoms with van der Waals surface area (Å²) in [6.45, 7) is 13.0. The first-order valence-electron chi connectivity index (χ1n) is 13.3. The average Bonchev–Trinajstić information content (AvgIpc) is 3.56. The Morgan fingerprint density at radius 3 is 2.26 bits per heavy atom. The Labute approximate surface area is 230 Å². The molecule has 206 valence electrons. The minimum atomic E-state index is -0.614. The van der Waals surface area contributed by atoms with Crippen molar-refractivity contribution in [2.75, 3.05) is 13.2 Å². The van der Waals surface area contributed by atoms with Gasteiger partial charge in [0.15, 0.2) is 6.10 Å². The minimum absolute atomic E-state index is 0.0891. The lowest BCUT2D eigenvalue weighted by atomic mass is 9.93. The van der Waals surface area contributed by atoms with Crippen molar-refractivity contribution in [2.24, 2.45) is 0 Å². The molecule has 0 aliphatic heterocycles. The highest BCUT2D eigenvalue weighted by Gasteiger charge is 2.21. The van der Waals surface area contributed by atoms with Crippen LogP contribution in [0.25, 0.3) is 22.6 Å². The fraction of sp³-hybridized carbons (Fsp3) is 0.375. The lowest BCUT2D eigenvalue weighted by molar-refractivity contribution is -0.156. The van der Waals surface area contributed by atoms with Crippen molar-refractivity contribution in [2.45, 2.75) is 66.1 Å². The van der Waals surface area contributed by atoms with Gasteiger partial charge in [0.25, 0.3) is 0 Å². The van der Waals surface area contributed by atoms with E-state index in [2.05, 4.69) is 25.9 Å². The number of ether oxygens (including phenoxy) is 3. The van der Waals surface area contributed by atoms with Gasteiger partial charge in [-0.05, 0) is 50.1 Å². The normalized spacial score (nSPS) is 12.4. The van der Waals surface area contributed by atoms with Gasteiger partial charge in [0.05, 0.1) is 6.61 Å². The van der Waals surface area contributed by atoms with Crippen molar-refractivity contribution in [3.63, 3.8) is 0 Å². The molecule has 2 aromatic heterocycles. The molecule has 0 N–H and O–H groups in total. The van der Waals surface area contributed by atoms with E-state index in [1.807, 2.05) is 74.5 Å². The molecular formula is C32H37NO6. The molecule has 0 saturated carbocycles. The van der Waals surface area contributed by atoms with Crippen LogP contribution in [-0.4, -0.2) is 30.4 Å². The minimum Gasteiger partial charge on any atom is -0.486 e. The number of hydrogen-bond donors (Lipinski definition) is 0. The summed E-state index contributed by atoms with van der Waals surface area (Å²) in [6.07, 6.45) is -0.169. The summed E-state index contributed by atoms with van der Waals surface area (Å²) in [5.41, 5.74) is 4.68. The molecule has 4 rings (SSSR count). The molecule has 2 heterocycles. The third-order valence-electron chi connectivity index (χ3n) is 6.37. The van der Waals surface area contributed by atoms with Crippen LogP contribution in [0.2, 0.25) is 0 Å². The third-order valence-corrected chi connectivity index (χ3v) is 6.37. The summed E-state index contributed by atoms with van der Waals surface area (Å²) in [6, 6.07) is 19.7. The van der Waals surface area contributed by atoms with Gasteiger partial charge in [-0.2, -0.15) is 0 Å². The molecule has 1 unspecified atom stereocenters. The second kappa shape index (κ2) is 12.3. The maximum absolute atomic E-state index is 12.1. The Morgan fingerprint density at radius 2 is 1.64 bits per heavy atom. The fourth-order valence-corrected chi connectivity index (χ4v) is 4.11. The number of hydrogen-bond acceptors (Lipinski definition) is 7. The van der Waals surface area contributed by atoms with E-state index < -0.39 is 6.10 Å². The van der Waals surface area contributed by atoms with Crippen molar-refractivity contribution >= 4 is 5.97 Å². The van der Waals surface area contributed by atoms with Gasteiger partial charge in [0.2, 0.25) is 0 Å². The number of carbonyl (C=O) groups excluding carboxylic acids is 1. The van der Waals surface area contributed by atoms with Crippen LogP contribution in [0.4, 0.5) is 0 Å². The second-order valence-corrected chi connectivity index (χ2v) is 10.5. The van der Waals surface area contributed by atoms with E-state index in [0.29, 0.717) is 32.0 Å². The first-order chi connectivity index (χ1) is 18.7. The summed E-state index contributed by atoms with van der Waals surface area (Å²) in [4.78, 5) is 12.1. The largest absolute Gasteiger partial charge is 0.486 e. The molecular weight excluding hydrogens is 494 g/mol. The van der Waals surface area contributed by atoms with Gasteiger partial charge in [0.1, 0.15) is 35.3 Å². The second-order valence-electron chi connectivity index (χ2n) is 10.5. The van der Waals surface area contributed by atoms with Gasteiger partial charge >= 0.3 is 5.97 Å². The van der Waals surface area contributed by atoms with Crippen LogP contribution in [-0.2, 0) is 32.7 Å². The van der Waals surface area contributed by atoms with Crippen LogP contribution in [0.15, 0.2) is 69.6 Å². The SMILES string of the molecule is CCOC(=O)C(Cc1ccc(OCc2oc(-c3ccc(-c4cc(C(C)(C)C)on4)cc3)cc2C)cc1)OCC. The van der Waals surface area contributed by atoms with Gasteiger partial charge in [0, 0.05) is 35.6 Å². The first kappa shape index (κ1) is 28.2. The molecule has 0 bridgehead atoms. The predicted octanol–water partition coefficient (Wildman–Crippen LogP) is 7.30. The fourth-order valence-electron chi connectivity index (χ4n) is 4.11. The number of nitrogens with zero attached hydrogens (tertiary/aromatic N) is 1. The Bertz CT molecular complexity index is 1360. The van der Waals surface area contributed by atoms with E-state index in [0.717, 1.165) is 45.2 Å². The molecule has 0 radical (unpaired) electrons. The van der Waals surface area contributed by atoms with E-state index in [1.165, 1.54) is 0 Å². The standard InChI is InChI=1S/C32H37NO6/c1-7-35-28(31(34)36-8-2)18-22-9-15-25(16-10-22)37-20-29-21(3)17-27(38-29)24-13-11-23(12-14-24)26-19-30(39-33-26)32(4,5)6/h9-17,19,28H,7-8,18,20H2,1-6H3. The number of furan rings is 1. The Balaban J connectivity index is 1.37. The molecule has 4 aromatic rings. The van der Waals surface area contributed by atoms with Crippen molar-refractivity contribution in [1.29, 1.82) is 0 Å². The summed E-state index contributed by atoms with van der Waals surface area (Å²) in [5.74, 6) is 2.78. The molecule has 1 atom stereocenters. The molecule has 0 amide bonds. The van der Waals surface area contributed by atoms with Gasteiger partial charge < -0.3 is 23.2 Å². The maximum atomic E-state index is 12.1. The maximum Gasteiger partial charge on any atom is 0.335 e. The number of esters is 1. The lowest BCUT2D eigenvalue weighted by Crippen LogP contribution is -2.28. The van der Waals surface area contributed by atoms with E-state index >= 15 is 0 Å². The highest BCUT2D eigenvalue weighted by atomic mass is 16.6. The number of rotatable bonds is 11. The molecule has 0 aliphatic carbocycles. The van der Waals surface area contributed by atoms with Crippen LogP contribution in [0.1, 0.15) is 57.3 Å². The Kier molecular flexibility index (Phi) is 8.92. The van der Waals surface area contributed by atoms with Crippen molar-refractivity contribution in [3.8, 4) is 28.3 Å². The molecule has 0 saturated heterocycles. The average molecular weight is 532 g/mol. The van der Waals surface area contributed by atoms with Crippen LogP contribution < -0.4 is 4.74 Å². The monoisotopic (exact) mass is 531 g/mol. The molecule has 7 nitrogen and oxygen atoms in total. The molecule has 0 fully saturated rings. The Hall–Kier alpha value is -3.84. The van der Waals surface area contributed by atoms with Crippen molar-refractivity contribution in [3.05, 3.63) is 83.3 Å². The van der Waals surface area contributed by atoms with Crippen LogP contribution in [0.3, 0.4) is 0 Å². The van der Waals surface area contributed by atoms with Gasteiger partial charge in [-0.25, -0.2) is 4.79 Å². The van der Waals surface area contributed by atoms with Crippen LogP contribution in [0, 0.1) is 6.92 Å². The van der Waals surface area contributed by atoms with Gasteiger partial charge in [-0.15, -0.1) is 0 Å². The zero-order valence-electron chi connectivity index (χ0n) is 23.6. The molecule has 7 heteroatoms.